The molecule has 0 aliphatic rings. The Morgan fingerprint density at radius 3 is 2.79 bits per heavy atom. The van der Waals surface area contributed by atoms with E-state index in [4.69, 9.17) is 27.9 Å². The highest BCUT2D eigenvalue weighted by atomic mass is 35.5. The predicted octanol–water partition coefficient (Wildman–Crippen LogP) is 4.85. The highest BCUT2D eigenvalue weighted by molar-refractivity contribution is 7.15. The minimum atomic E-state index is -0.225. The Bertz CT molecular complexity index is 1280. The molecule has 8 heteroatoms. The number of hydrogen-bond acceptors (Lipinski definition) is 5. The monoisotopic (exact) mass is 445 g/mol. The van der Waals surface area contributed by atoms with Crippen LogP contribution in [-0.4, -0.2) is 21.2 Å². The van der Waals surface area contributed by atoms with Crippen LogP contribution in [0.2, 0.25) is 10.0 Å². The van der Waals surface area contributed by atoms with Crippen LogP contribution in [0.1, 0.15) is 25.3 Å². The summed E-state index contributed by atoms with van der Waals surface area (Å²) in [5, 5.41) is 5.31. The molecule has 2 aromatic carbocycles. The van der Waals surface area contributed by atoms with E-state index in [2.05, 4.69) is 17.0 Å². The first-order valence-corrected chi connectivity index (χ1v) is 10.7. The number of hydrogen-bond donors (Lipinski definition) is 0. The Hall–Kier alpha value is -2.41. The van der Waals surface area contributed by atoms with Gasteiger partial charge in [-0.05, 0) is 36.8 Å². The molecule has 4 rings (SSSR count). The topological polar surface area (TPSA) is 56.5 Å². The van der Waals surface area contributed by atoms with Crippen molar-refractivity contribution in [1.29, 1.82) is 0 Å². The fraction of sp³-hybridized carbons (Fsp3) is 0.190. The van der Waals surface area contributed by atoms with Crippen LogP contribution >= 0.6 is 34.5 Å². The maximum absolute atomic E-state index is 12.8. The molecule has 0 fully saturated rings. The highest BCUT2D eigenvalue weighted by Crippen LogP contribution is 2.28. The van der Waals surface area contributed by atoms with Crippen molar-refractivity contribution in [2.45, 2.75) is 19.8 Å². The average molecular weight is 446 g/mol. The number of halogens is 2. The van der Waals surface area contributed by atoms with Crippen LogP contribution < -0.4 is 14.8 Å². The molecule has 0 N–H and O–H groups in total. The van der Waals surface area contributed by atoms with E-state index in [-0.39, 0.29) is 5.56 Å². The van der Waals surface area contributed by atoms with Crippen LogP contribution in [0.3, 0.4) is 0 Å². The van der Waals surface area contributed by atoms with E-state index in [0.717, 1.165) is 24.2 Å². The minimum Gasteiger partial charge on any atom is -0.493 e. The fourth-order valence-electron chi connectivity index (χ4n) is 2.82. The number of thiazole rings is 1. The van der Waals surface area contributed by atoms with E-state index >= 15 is 0 Å². The lowest BCUT2D eigenvalue weighted by molar-refractivity contribution is 0.309. The van der Waals surface area contributed by atoms with Gasteiger partial charge in [-0.15, -0.1) is 5.10 Å². The van der Waals surface area contributed by atoms with Crippen LogP contribution in [0, 0.1) is 0 Å². The molecule has 2 aromatic heterocycles. The second-order valence-corrected chi connectivity index (χ2v) is 8.26. The zero-order valence-electron chi connectivity index (χ0n) is 15.6. The minimum absolute atomic E-state index is 0.225. The van der Waals surface area contributed by atoms with Crippen molar-refractivity contribution in [1.82, 2.24) is 14.6 Å². The molecular formula is C21H17Cl2N3O2S. The molecule has 0 amide bonds. The normalized spacial score (nSPS) is 12.0. The molecule has 0 aliphatic heterocycles. The summed E-state index contributed by atoms with van der Waals surface area (Å²) in [5.41, 5.74) is 1.26. The van der Waals surface area contributed by atoms with E-state index in [1.165, 1.54) is 15.9 Å². The third-order valence-corrected chi connectivity index (χ3v) is 5.82. The molecule has 0 atom stereocenters. The van der Waals surface area contributed by atoms with Crippen molar-refractivity contribution in [3.63, 3.8) is 0 Å². The van der Waals surface area contributed by atoms with E-state index in [1.807, 2.05) is 30.3 Å². The Morgan fingerprint density at radius 2 is 2.03 bits per heavy atom. The lowest BCUT2D eigenvalue weighted by atomic mass is 10.2. The van der Waals surface area contributed by atoms with Crippen LogP contribution in [-0.2, 0) is 0 Å². The summed E-state index contributed by atoms with van der Waals surface area (Å²) >= 11 is 13.5. The lowest BCUT2D eigenvalue weighted by Gasteiger charge is -2.07. The summed E-state index contributed by atoms with van der Waals surface area (Å²) in [7, 11) is 0. The largest absolute Gasteiger partial charge is 0.493 e. The predicted molar refractivity (Wildman–Crippen MR) is 118 cm³/mol. The molecule has 29 heavy (non-hydrogen) atoms. The van der Waals surface area contributed by atoms with Crippen LogP contribution in [0.25, 0.3) is 22.4 Å². The van der Waals surface area contributed by atoms with E-state index in [9.17, 15) is 4.79 Å². The van der Waals surface area contributed by atoms with E-state index < -0.39 is 0 Å². The second-order valence-electron chi connectivity index (χ2n) is 6.41. The number of para-hydroxylation sites is 1. The van der Waals surface area contributed by atoms with Gasteiger partial charge < -0.3 is 4.74 Å². The first-order valence-electron chi connectivity index (χ1n) is 9.15. The van der Waals surface area contributed by atoms with Gasteiger partial charge in [0.05, 0.1) is 16.2 Å². The summed E-state index contributed by atoms with van der Waals surface area (Å²) in [6.07, 6.45) is 3.86. The third kappa shape index (κ3) is 4.15. The molecule has 0 saturated carbocycles. The van der Waals surface area contributed by atoms with Gasteiger partial charge in [-0.2, -0.15) is 9.50 Å². The van der Waals surface area contributed by atoms with Gasteiger partial charge in [-0.3, -0.25) is 4.79 Å². The number of unbranched alkanes of at least 4 members (excludes halogenated alkanes) is 1. The van der Waals surface area contributed by atoms with Crippen LogP contribution in [0.5, 0.6) is 5.75 Å². The van der Waals surface area contributed by atoms with Crippen molar-refractivity contribution in [3.05, 3.63) is 73.0 Å². The Morgan fingerprint density at radius 1 is 1.21 bits per heavy atom. The molecule has 0 saturated heterocycles. The van der Waals surface area contributed by atoms with Gasteiger partial charge in [-0.1, -0.05) is 66.1 Å². The Kier molecular flexibility index (Phi) is 5.85. The smallest absolute Gasteiger partial charge is 0.291 e. The Labute approximate surface area is 181 Å². The number of rotatable bonds is 6. The second kappa shape index (κ2) is 8.53. The molecule has 0 radical (unpaired) electrons. The molecule has 0 bridgehead atoms. The van der Waals surface area contributed by atoms with Crippen molar-refractivity contribution >= 4 is 45.6 Å². The van der Waals surface area contributed by atoms with Crippen LogP contribution in [0.15, 0.2) is 47.3 Å². The van der Waals surface area contributed by atoms with Gasteiger partial charge in [0.15, 0.2) is 5.82 Å². The SMILES string of the molecule is CCCCOc1ccccc1C=c1sc2nc(-c3ccc(Cl)cc3Cl)nn2c1=O. The first-order chi connectivity index (χ1) is 14.1. The molecule has 4 aromatic rings. The number of fused-ring (bicyclic) bond motifs is 1. The lowest BCUT2D eigenvalue weighted by Crippen LogP contribution is -2.23. The summed E-state index contributed by atoms with van der Waals surface area (Å²) in [5.74, 6) is 1.15. The first kappa shape index (κ1) is 19.9. The third-order valence-electron chi connectivity index (χ3n) is 4.31. The van der Waals surface area contributed by atoms with Gasteiger partial charge in [0.2, 0.25) is 4.96 Å². The molecule has 2 heterocycles. The quantitative estimate of drug-likeness (QED) is 0.398. The summed E-state index contributed by atoms with van der Waals surface area (Å²) in [6, 6.07) is 12.7. The molecule has 5 nitrogen and oxygen atoms in total. The summed E-state index contributed by atoms with van der Waals surface area (Å²) in [6.45, 7) is 2.76. The van der Waals surface area contributed by atoms with Crippen LogP contribution in [0.4, 0.5) is 0 Å². The van der Waals surface area contributed by atoms with Gasteiger partial charge in [0, 0.05) is 16.1 Å². The number of benzene rings is 2. The Balaban J connectivity index is 1.73. The molecule has 0 unspecified atom stereocenters. The molecular weight excluding hydrogens is 429 g/mol. The summed E-state index contributed by atoms with van der Waals surface area (Å²) < 4.78 is 7.70. The average Bonchev–Trinajstić information content (AvgIpc) is 3.23. The summed E-state index contributed by atoms with van der Waals surface area (Å²) in [4.78, 5) is 17.8. The number of aromatic nitrogens is 3. The van der Waals surface area contributed by atoms with E-state index in [1.54, 1.807) is 18.2 Å². The zero-order valence-corrected chi connectivity index (χ0v) is 17.9. The van der Waals surface area contributed by atoms with Crippen molar-refractivity contribution < 1.29 is 4.74 Å². The van der Waals surface area contributed by atoms with Gasteiger partial charge in [-0.25, -0.2) is 0 Å². The maximum atomic E-state index is 12.8. The van der Waals surface area contributed by atoms with Crippen molar-refractivity contribution in [2.24, 2.45) is 0 Å². The van der Waals surface area contributed by atoms with Crippen molar-refractivity contribution in [3.8, 4) is 17.1 Å². The number of ether oxygens (including phenoxy) is 1. The van der Waals surface area contributed by atoms with E-state index in [0.29, 0.717) is 37.5 Å². The fourth-order valence-corrected chi connectivity index (χ4v) is 4.21. The number of nitrogens with zero attached hydrogens (tertiary/aromatic N) is 3. The maximum Gasteiger partial charge on any atom is 0.291 e. The van der Waals surface area contributed by atoms with Gasteiger partial charge >= 0.3 is 0 Å². The van der Waals surface area contributed by atoms with Crippen molar-refractivity contribution in [2.75, 3.05) is 6.61 Å². The van der Waals surface area contributed by atoms with Gasteiger partial charge in [0.1, 0.15) is 5.75 Å². The highest BCUT2D eigenvalue weighted by Gasteiger charge is 2.14. The molecule has 0 spiro atoms. The van der Waals surface area contributed by atoms with Gasteiger partial charge in [0.25, 0.3) is 5.56 Å². The zero-order chi connectivity index (χ0) is 20.4. The standard InChI is InChI=1S/C21H17Cl2N3O2S/c1-2-3-10-28-17-7-5-4-6-13(17)11-18-20(27)26-21(29-18)24-19(25-26)15-9-8-14(22)12-16(15)23/h4-9,11-12H,2-3,10H2,1H3. The molecule has 148 valence electrons. The molecule has 0 aliphatic carbocycles.